The number of imidazole rings is 1. The molecule has 0 aliphatic carbocycles. The number of hydrogen-bond acceptors (Lipinski definition) is 3. The van der Waals surface area contributed by atoms with Gasteiger partial charge in [-0.3, -0.25) is 0 Å². The van der Waals surface area contributed by atoms with Gasteiger partial charge in [-0.15, -0.1) is 0 Å². The largest absolute Gasteiger partial charge is 0.350 e. The number of halogens is 2. The molecule has 7 heteroatoms. The molecule has 0 radical (unpaired) electrons. The van der Waals surface area contributed by atoms with E-state index in [1.54, 1.807) is 6.20 Å². The highest BCUT2D eigenvalue weighted by Crippen LogP contribution is 2.35. The molecule has 2 aromatic carbocycles. The molecular formula is C24H29BCl2N2O2. The van der Waals surface area contributed by atoms with Gasteiger partial charge in [-0.25, -0.2) is 4.98 Å². The molecule has 0 amide bonds. The second kappa shape index (κ2) is 12.3. The number of nitrogens with zero attached hydrogens (tertiary/aromatic N) is 2. The SMILES string of the molecule is BCC(c1ccccc1Cl)c1ccccc1Cl.CCC(Cn1ccnc1)C1OCCO1. The number of rotatable bonds is 7. The first kappa shape index (κ1) is 23.9. The molecule has 0 saturated carbocycles. The number of ether oxygens (including phenoxy) is 2. The molecule has 4 nitrogen and oxygen atoms in total. The molecule has 1 unspecified atom stereocenters. The summed E-state index contributed by atoms with van der Waals surface area (Å²) in [6.07, 6.45) is 7.61. The fourth-order valence-electron chi connectivity index (χ4n) is 3.84. The van der Waals surface area contributed by atoms with E-state index in [0.29, 0.717) is 5.92 Å². The summed E-state index contributed by atoms with van der Waals surface area (Å²) in [5, 5.41) is 1.61. The zero-order chi connectivity index (χ0) is 22.1. The van der Waals surface area contributed by atoms with Gasteiger partial charge in [0.15, 0.2) is 6.29 Å². The topological polar surface area (TPSA) is 36.3 Å². The van der Waals surface area contributed by atoms with Crippen LogP contribution in [0.3, 0.4) is 0 Å². The van der Waals surface area contributed by atoms with E-state index in [2.05, 4.69) is 36.5 Å². The molecule has 0 spiro atoms. The summed E-state index contributed by atoms with van der Waals surface area (Å²) in [4.78, 5) is 4.02. The van der Waals surface area contributed by atoms with E-state index < -0.39 is 0 Å². The molecule has 1 saturated heterocycles. The number of hydrogen-bond donors (Lipinski definition) is 0. The van der Waals surface area contributed by atoms with Gasteiger partial charge in [-0.1, -0.05) is 72.8 Å². The Morgan fingerprint density at radius 3 is 2.06 bits per heavy atom. The first-order chi connectivity index (χ1) is 15.1. The van der Waals surface area contributed by atoms with Crippen molar-refractivity contribution in [2.45, 2.75) is 38.4 Å². The number of benzene rings is 2. The second-order valence-electron chi connectivity index (χ2n) is 7.54. The normalized spacial score (nSPS) is 15.0. The van der Waals surface area contributed by atoms with Crippen LogP contribution in [-0.4, -0.2) is 36.9 Å². The lowest BCUT2D eigenvalue weighted by atomic mass is 9.81. The third-order valence-electron chi connectivity index (χ3n) is 5.53. The van der Waals surface area contributed by atoms with Crippen LogP contribution in [0.4, 0.5) is 0 Å². The molecule has 1 aromatic heterocycles. The van der Waals surface area contributed by atoms with Crippen LogP contribution in [0.2, 0.25) is 16.4 Å². The highest BCUT2D eigenvalue weighted by Gasteiger charge is 2.25. The van der Waals surface area contributed by atoms with Gasteiger partial charge in [0.05, 0.1) is 19.5 Å². The first-order valence-corrected chi connectivity index (χ1v) is 11.6. The molecule has 0 bridgehead atoms. The molecule has 3 aromatic rings. The van der Waals surface area contributed by atoms with Crippen molar-refractivity contribution in [2.75, 3.05) is 13.2 Å². The Morgan fingerprint density at radius 2 is 1.61 bits per heavy atom. The predicted molar refractivity (Wildman–Crippen MR) is 130 cm³/mol. The molecule has 1 aliphatic heterocycles. The van der Waals surface area contributed by atoms with Gasteiger partial charge in [-0.05, 0) is 29.7 Å². The first-order valence-electron chi connectivity index (χ1n) is 10.8. The van der Waals surface area contributed by atoms with Crippen LogP contribution >= 0.6 is 23.2 Å². The summed E-state index contributed by atoms with van der Waals surface area (Å²) in [6, 6.07) is 15.9. The minimum Gasteiger partial charge on any atom is -0.350 e. The van der Waals surface area contributed by atoms with E-state index in [1.807, 2.05) is 48.9 Å². The standard InChI is InChI=1S/C14H13BCl2.C10H16N2O2/c15-9-12(10-5-1-3-7-13(10)16)11-6-2-4-8-14(11)17;1-2-9(10-13-5-6-14-10)7-12-4-3-11-8-12/h1-8,12H,9,15H2;3-4,8-10H,2,5-7H2,1H3. The van der Waals surface area contributed by atoms with Gasteiger partial charge in [0.2, 0.25) is 0 Å². The van der Waals surface area contributed by atoms with Gasteiger partial charge in [0, 0.05) is 40.8 Å². The Hall–Kier alpha value is -1.79. The fraction of sp³-hybridized carbons (Fsp3) is 0.375. The second-order valence-corrected chi connectivity index (χ2v) is 8.36. The predicted octanol–water partition coefficient (Wildman–Crippen LogP) is 5.46. The zero-order valence-corrected chi connectivity index (χ0v) is 19.6. The highest BCUT2D eigenvalue weighted by atomic mass is 35.5. The summed E-state index contributed by atoms with van der Waals surface area (Å²) in [5.41, 5.74) is 2.29. The maximum absolute atomic E-state index is 6.26. The van der Waals surface area contributed by atoms with Gasteiger partial charge < -0.3 is 14.0 Å². The molecule has 1 atom stereocenters. The van der Waals surface area contributed by atoms with E-state index in [1.165, 1.54) is 0 Å². The Kier molecular flexibility index (Phi) is 9.47. The van der Waals surface area contributed by atoms with Crippen molar-refractivity contribution in [3.05, 3.63) is 88.4 Å². The van der Waals surface area contributed by atoms with Crippen LogP contribution in [0.1, 0.15) is 30.4 Å². The van der Waals surface area contributed by atoms with Gasteiger partial charge in [0.25, 0.3) is 0 Å². The van der Waals surface area contributed by atoms with Crippen LogP contribution in [0.25, 0.3) is 0 Å². The quantitative estimate of drug-likeness (QED) is 0.441. The van der Waals surface area contributed by atoms with Crippen molar-refractivity contribution in [3.8, 4) is 0 Å². The molecule has 0 N–H and O–H groups in total. The van der Waals surface area contributed by atoms with E-state index in [4.69, 9.17) is 32.7 Å². The maximum atomic E-state index is 6.26. The van der Waals surface area contributed by atoms with Crippen LogP contribution in [0, 0.1) is 5.92 Å². The third kappa shape index (κ3) is 6.60. The molecule has 2 heterocycles. The third-order valence-corrected chi connectivity index (χ3v) is 6.22. The average molecular weight is 459 g/mol. The molecule has 31 heavy (non-hydrogen) atoms. The Morgan fingerprint density at radius 1 is 1.03 bits per heavy atom. The van der Waals surface area contributed by atoms with E-state index >= 15 is 0 Å². The van der Waals surface area contributed by atoms with Gasteiger partial charge in [-0.2, -0.15) is 0 Å². The van der Waals surface area contributed by atoms with Crippen LogP contribution in [-0.2, 0) is 16.0 Å². The average Bonchev–Trinajstić information content (AvgIpc) is 3.50. The lowest BCUT2D eigenvalue weighted by Crippen LogP contribution is -2.25. The van der Waals surface area contributed by atoms with Gasteiger partial charge >= 0.3 is 0 Å². The maximum Gasteiger partial charge on any atom is 0.162 e. The molecule has 164 valence electrons. The van der Waals surface area contributed by atoms with Crippen molar-refractivity contribution in [1.29, 1.82) is 0 Å². The monoisotopic (exact) mass is 458 g/mol. The van der Waals surface area contributed by atoms with Crippen LogP contribution < -0.4 is 0 Å². The smallest absolute Gasteiger partial charge is 0.162 e. The van der Waals surface area contributed by atoms with Crippen LogP contribution in [0.15, 0.2) is 67.3 Å². The zero-order valence-electron chi connectivity index (χ0n) is 18.1. The minimum absolute atomic E-state index is 0.0256. The summed E-state index contributed by atoms with van der Waals surface area (Å²) < 4.78 is 13.1. The van der Waals surface area contributed by atoms with Crippen molar-refractivity contribution in [1.82, 2.24) is 9.55 Å². The van der Waals surface area contributed by atoms with E-state index in [0.717, 1.165) is 53.7 Å². The molecule has 4 rings (SSSR count). The lowest BCUT2D eigenvalue weighted by molar-refractivity contribution is -0.0884. The summed E-state index contributed by atoms with van der Waals surface area (Å²) >= 11 is 12.5. The summed E-state index contributed by atoms with van der Waals surface area (Å²) in [7, 11) is 2.15. The Labute approximate surface area is 195 Å². The Bertz CT molecular complexity index is 872. The van der Waals surface area contributed by atoms with Crippen molar-refractivity contribution < 1.29 is 9.47 Å². The number of aromatic nitrogens is 2. The van der Waals surface area contributed by atoms with Crippen molar-refractivity contribution in [3.63, 3.8) is 0 Å². The van der Waals surface area contributed by atoms with Crippen molar-refractivity contribution >= 4 is 31.0 Å². The lowest BCUT2D eigenvalue weighted by Gasteiger charge is -2.20. The van der Waals surface area contributed by atoms with E-state index in [9.17, 15) is 0 Å². The van der Waals surface area contributed by atoms with Gasteiger partial charge in [0.1, 0.15) is 7.85 Å². The van der Waals surface area contributed by atoms with Crippen molar-refractivity contribution in [2.24, 2.45) is 5.92 Å². The Balaban J connectivity index is 0.000000179. The molecule has 1 fully saturated rings. The fourth-order valence-corrected chi connectivity index (χ4v) is 4.38. The summed E-state index contributed by atoms with van der Waals surface area (Å²) in [5.74, 6) is 0.684. The minimum atomic E-state index is -0.0256. The molecule has 1 aliphatic rings. The van der Waals surface area contributed by atoms with Crippen LogP contribution in [0.5, 0.6) is 0 Å². The van der Waals surface area contributed by atoms with E-state index in [-0.39, 0.29) is 12.2 Å². The summed E-state index contributed by atoms with van der Waals surface area (Å²) in [6.45, 7) is 4.53. The molecular weight excluding hydrogens is 430 g/mol. The highest BCUT2D eigenvalue weighted by molar-refractivity contribution is 6.32.